The van der Waals surface area contributed by atoms with Crippen LogP contribution in [0.2, 0.25) is 0 Å². The SMILES string of the molecule is CC(O)c1ccccc1NC1CSc2ccccc21. The second-order valence-electron chi connectivity index (χ2n) is 4.81. The molecule has 2 atom stereocenters. The van der Waals surface area contributed by atoms with Gasteiger partial charge in [0.25, 0.3) is 0 Å². The van der Waals surface area contributed by atoms with Gasteiger partial charge in [0.2, 0.25) is 0 Å². The van der Waals surface area contributed by atoms with Gasteiger partial charge in [-0.25, -0.2) is 0 Å². The van der Waals surface area contributed by atoms with Crippen molar-refractivity contribution in [3.63, 3.8) is 0 Å². The second-order valence-corrected chi connectivity index (χ2v) is 5.87. The van der Waals surface area contributed by atoms with Gasteiger partial charge >= 0.3 is 0 Å². The van der Waals surface area contributed by atoms with Crippen LogP contribution in [0, 0.1) is 0 Å². The van der Waals surface area contributed by atoms with Crippen molar-refractivity contribution in [1.29, 1.82) is 0 Å². The van der Waals surface area contributed by atoms with Crippen LogP contribution in [0.3, 0.4) is 0 Å². The summed E-state index contributed by atoms with van der Waals surface area (Å²) in [5, 5.41) is 13.4. The van der Waals surface area contributed by atoms with Crippen LogP contribution >= 0.6 is 11.8 Å². The number of fused-ring (bicyclic) bond motifs is 1. The molecule has 2 unspecified atom stereocenters. The lowest BCUT2D eigenvalue weighted by atomic mass is 10.1. The molecule has 0 aromatic heterocycles. The lowest BCUT2D eigenvalue weighted by Crippen LogP contribution is -2.12. The third-order valence-electron chi connectivity index (χ3n) is 3.44. The van der Waals surface area contributed by atoms with Gasteiger partial charge in [-0.2, -0.15) is 0 Å². The Balaban J connectivity index is 1.88. The number of rotatable bonds is 3. The molecule has 0 bridgehead atoms. The molecule has 0 spiro atoms. The Hall–Kier alpha value is -1.45. The summed E-state index contributed by atoms with van der Waals surface area (Å²) in [7, 11) is 0. The number of hydrogen-bond acceptors (Lipinski definition) is 3. The highest BCUT2D eigenvalue weighted by molar-refractivity contribution is 7.99. The molecule has 0 amide bonds. The van der Waals surface area contributed by atoms with E-state index in [0.717, 1.165) is 17.0 Å². The Morgan fingerprint density at radius 2 is 1.89 bits per heavy atom. The number of nitrogens with one attached hydrogen (secondary N) is 1. The lowest BCUT2D eigenvalue weighted by Gasteiger charge is -2.19. The summed E-state index contributed by atoms with van der Waals surface area (Å²) in [5.74, 6) is 1.04. The monoisotopic (exact) mass is 271 g/mol. The van der Waals surface area contributed by atoms with Crippen LogP contribution in [0.4, 0.5) is 5.69 Å². The summed E-state index contributed by atoms with van der Waals surface area (Å²) in [6, 6.07) is 16.8. The molecule has 3 heteroatoms. The Morgan fingerprint density at radius 1 is 1.16 bits per heavy atom. The standard InChI is InChI=1S/C16H17NOS/c1-11(18)12-6-2-4-8-14(12)17-15-10-19-16-9-5-3-7-13(15)16/h2-9,11,15,17-18H,10H2,1H3. The predicted molar refractivity (Wildman–Crippen MR) is 80.6 cm³/mol. The molecule has 3 rings (SSSR count). The van der Waals surface area contributed by atoms with Gasteiger partial charge in [-0.1, -0.05) is 36.4 Å². The zero-order valence-electron chi connectivity index (χ0n) is 10.8. The van der Waals surface area contributed by atoms with Crippen molar-refractivity contribution >= 4 is 17.4 Å². The van der Waals surface area contributed by atoms with Gasteiger partial charge in [0.1, 0.15) is 0 Å². The van der Waals surface area contributed by atoms with Crippen LogP contribution in [0.1, 0.15) is 30.2 Å². The highest BCUT2D eigenvalue weighted by atomic mass is 32.2. The summed E-state index contributed by atoms with van der Waals surface area (Å²) in [6.45, 7) is 1.80. The maximum absolute atomic E-state index is 9.83. The third-order valence-corrected chi connectivity index (χ3v) is 4.62. The summed E-state index contributed by atoms with van der Waals surface area (Å²) >= 11 is 1.88. The van der Waals surface area contributed by atoms with E-state index in [9.17, 15) is 5.11 Å². The number of para-hydroxylation sites is 1. The van der Waals surface area contributed by atoms with Gasteiger partial charge < -0.3 is 10.4 Å². The van der Waals surface area contributed by atoms with E-state index < -0.39 is 6.10 Å². The van der Waals surface area contributed by atoms with Crippen LogP contribution in [-0.2, 0) is 0 Å². The average molecular weight is 271 g/mol. The fraction of sp³-hybridized carbons (Fsp3) is 0.250. The largest absolute Gasteiger partial charge is 0.389 e. The van der Waals surface area contributed by atoms with Crippen LogP contribution in [0.25, 0.3) is 0 Å². The molecule has 0 saturated heterocycles. The summed E-state index contributed by atoms with van der Waals surface area (Å²) < 4.78 is 0. The van der Waals surface area contributed by atoms with Crippen molar-refractivity contribution < 1.29 is 5.11 Å². The van der Waals surface area contributed by atoms with E-state index in [-0.39, 0.29) is 0 Å². The van der Waals surface area contributed by atoms with Gasteiger partial charge in [0.05, 0.1) is 12.1 Å². The highest BCUT2D eigenvalue weighted by Gasteiger charge is 2.23. The molecular weight excluding hydrogens is 254 g/mol. The third kappa shape index (κ3) is 2.48. The van der Waals surface area contributed by atoms with E-state index in [1.807, 2.05) is 36.0 Å². The number of hydrogen-bond donors (Lipinski definition) is 2. The zero-order chi connectivity index (χ0) is 13.2. The maximum Gasteiger partial charge on any atom is 0.0781 e. The van der Waals surface area contributed by atoms with Crippen LogP contribution in [0.5, 0.6) is 0 Å². The van der Waals surface area contributed by atoms with Crippen molar-refractivity contribution in [3.05, 3.63) is 59.7 Å². The minimum Gasteiger partial charge on any atom is -0.389 e. The predicted octanol–water partition coefficient (Wildman–Crippen LogP) is 4.00. The Labute approximate surface area is 117 Å². The molecule has 19 heavy (non-hydrogen) atoms. The molecule has 0 saturated carbocycles. The number of aliphatic hydroxyl groups is 1. The van der Waals surface area contributed by atoms with E-state index in [4.69, 9.17) is 0 Å². The smallest absolute Gasteiger partial charge is 0.0781 e. The van der Waals surface area contributed by atoms with Crippen molar-refractivity contribution in [2.24, 2.45) is 0 Å². The fourth-order valence-corrected chi connectivity index (χ4v) is 3.62. The van der Waals surface area contributed by atoms with Crippen molar-refractivity contribution in [2.75, 3.05) is 11.1 Å². The quantitative estimate of drug-likeness (QED) is 0.885. The molecule has 1 heterocycles. The van der Waals surface area contributed by atoms with Crippen LogP contribution in [-0.4, -0.2) is 10.9 Å². The topological polar surface area (TPSA) is 32.3 Å². The lowest BCUT2D eigenvalue weighted by molar-refractivity contribution is 0.200. The van der Waals surface area contributed by atoms with Gasteiger partial charge in [0, 0.05) is 21.9 Å². The maximum atomic E-state index is 9.83. The van der Waals surface area contributed by atoms with Gasteiger partial charge in [-0.3, -0.25) is 0 Å². The molecule has 1 aliphatic heterocycles. The van der Waals surface area contributed by atoms with Crippen molar-refractivity contribution in [1.82, 2.24) is 0 Å². The summed E-state index contributed by atoms with van der Waals surface area (Å²) in [6.07, 6.45) is -0.451. The normalized spacial score (nSPS) is 18.9. The van der Waals surface area contributed by atoms with E-state index in [2.05, 4.69) is 29.6 Å². The van der Waals surface area contributed by atoms with E-state index >= 15 is 0 Å². The van der Waals surface area contributed by atoms with Crippen molar-refractivity contribution in [3.8, 4) is 0 Å². The summed E-state index contributed by atoms with van der Waals surface area (Å²) in [4.78, 5) is 1.36. The number of aliphatic hydroxyl groups excluding tert-OH is 1. The first-order valence-corrected chi connectivity index (χ1v) is 7.49. The van der Waals surface area contributed by atoms with Gasteiger partial charge in [0.15, 0.2) is 0 Å². The molecule has 2 nitrogen and oxygen atoms in total. The number of benzene rings is 2. The molecule has 1 aliphatic rings. The number of anilines is 1. The van der Waals surface area contributed by atoms with Gasteiger partial charge in [-0.05, 0) is 24.6 Å². The minimum atomic E-state index is -0.451. The van der Waals surface area contributed by atoms with Crippen molar-refractivity contribution in [2.45, 2.75) is 24.0 Å². The first-order chi connectivity index (χ1) is 9.25. The first kappa shape index (κ1) is 12.6. The van der Waals surface area contributed by atoms with Gasteiger partial charge in [-0.15, -0.1) is 11.8 Å². The van der Waals surface area contributed by atoms with E-state index in [1.54, 1.807) is 6.92 Å². The van der Waals surface area contributed by atoms with E-state index in [0.29, 0.717) is 6.04 Å². The van der Waals surface area contributed by atoms with Crippen LogP contribution in [0.15, 0.2) is 53.4 Å². The fourth-order valence-electron chi connectivity index (χ4n) is 2.46. The molecule has 98 valence electrons. The molecular formula is C16H17NOS. The molecule has 2 aromatic carbocycles. The first-order valence-electron chi connectivity index (χ1n) is 6.51. The molecule has 2 N–H and O–H groups in total. The molecule has 2 aromatic rings. The molecule has 0 fully saturated rings. The molecule has 0 aliphatic carbocycles. The minimum absolute atomic E-state index is 0.320. The highest BCUT2D eigenvalue weighted by Crippen LogP contribution is 2.40. The Kier molecular flexibility index (Phi) is 3.49. The second kappa shape index (κ2) is 5.27. The summed E-state index contributed by atoms with van der Waals surface area (Å²) in [5.41, 5.74) is 3.34. The molecule has 0 radical (unpaired) electrons. The number of thioether (sulfide) groups is 1. The average Bonchev–Trinajstić information content (AvgIpc) is 2.83. The Morgan fingerprint density at radius 3 is 2.74 bits per heavy atom. The van der Waals surface area contributed by atoms with Crippen LogP contribution < -0.4 is 5.32 Å². The Bertz CT molecular complexity index is 582. The van der Waals surface area contributed by atoms with E-state index in [1.165, 1.54) is 10.5 Å². The zero-order valence-corrected chi connectivity index (χ0v) is 11.7.